The van der Waals surface area contributed by atoms with Crippen LogP contribution in [0.3, 0.4) is 0 Å². The maximum atomic E-state index is 12.2. The van der Waals surface area contributed by atoms with Gasteiger partial charge >= 0.3 is 11.9 Å². The molecular weight excluding hydrogens is 332 g/mol. The van der Waals surface area contributed by atoms with Crippen LogP contribution in [-0.4, -0.2) is 36.6 Å². The number of rotatable bonds is 7. The summed E-state index contributed by atoms with van der Waals surface area (Å²) in [6, 6.07) is 17.6. The number of esters is 2. The molecule has 0 aliphatic rings. The Morgan fingerprint density at radius 2 is 1.04 bits per heavy atom. The molecule has 2 aromatic rings. The summed E-state index contributed by atoms with van der Waals surface area (Å²) in [4.78, 5) is 24.5. The average Bonchev–Trinajstić information content (AvgIpc) is 2.67. The number of carbonyl (C=O) groups excluding carboxylic acids is 2. The first-order valence-electron chi connectivity index (χ1n) is 8.28. The van der Waals surface area contributed by atoms with Gasteiger partial charge in [0, 0.05) is 11.1 Å². The molecule has 26 heavy (non-hydrogen) atoms. The second kappa shape index (κ2) is 9.88. The maximum absolute atomic E-state index is 12.2. The van der Waals surface area contributed by atoms with Crippen LogP contribution in [-0.2, 0) is 19.1 Å². The number of hydrogen-bond acceptors (Lipinski definition) is 6. The van der Waals surface area contributed by atoms with E-state index in [4.69, 9.17) is 9.47 Å². The molecule has 0 unspecified atom stereocenters. The first kappa shape index (κ1) is 19.1. The van der Waals surface area contributed by atoms with Crippen molar-refractivity contribution in [3.05, 3.63) is 71.8 Å². The van der Waals surface area contributed by atoms with Crippen LogP contribution in [0.5, 0.6) is 0 Å². The normalized spacial score (nSPS) is 11.8. The Balaban J connectivity index is 2.49. The first-order chi connectivity index (χ1) is 12.7. The molecule has 0 heterocycles. The third kappa shape index (κ3) is 5.11. The summed E-state index contributed by atoms with van der Waals surface area (Å²) in [5, 5.41) is 8.04. The third-order valence-electron chi connectivity index (χ3n) is 3.28. The Morgan fingerprint density at radius 1 is 0.692 bits per heavy atom. The van der Waals surface area contributed by atoms with E-state index in [2.05, 4.69) is 10.2 Å². The fourth-order valence-electron chi connectivity index (χ4n) is 2.12. The van der Waals surface area contributed by atoms with Crippen LogP contribution >= 0.6 is 0 Å². The topological polar surface area (TPSA) is 77.3 Å². The molecule has 0 fully saturated rings. The van der Waals surface area contributed by atoms with Crippen molar-refractivity contribution in [3.8, 4) is 0 Å². The quantitative estimate of drug-likeness (QED) is 0.436. The van der Waals surface area contributed by atoms with E-state index < -0.39 is 11.9 Å². The van der Waals surface area contributed by atoms with Gasteiger partial charge in [-0.1, -0.05) is 60.7 Å². The molecule has 0 aliphatic heterocycles. The molecule has 0 aliphatic carbocycles. The highest BCUT2D eigenvalue weighted by Crippen LogP contribution is 2.07. The van der Waals surface area contributed by atoms with Crippen molar-refractivity contribution in [2.45, 2.75) is 13.8 Å². The molecule has 134 valence electrons. The summed E-state index contributed by atoms with van der Waals surface area (Å²) in [5.41, 5.74) is 1.13. The second-order valence-electron chi connectivity index (χ2n) is 5.07. The zero-order valence-electron chi connectivity index (χ0n) is 14.7. The summed E-state index contributed by atoms with van der Waals surface area (Å²) in [6.07, 6.45) is 0. The van der Waals surface area contributed by atoms with E-state index in [-0.39, 0.29) is 24.6 Å². The largest absolute Gasteiger partial charge is 0.461 e. The van der Waals surface area contributed by atoms with Crippen molar-refractivity contribution < 1.29 is 19.1 Å². The molecule has 0 aromatic heterocycles. The molecule has 0 saturated heterocycles. The lowest BCUT2D eigenvalue weighted by molar-refractivity contribution is -0.136. The fraction of sp³-hybridized carbons (Fsp3) is 0.200. The van der Waals surface area contributed by atoms with Gasteiger partial charge in [0.15, 0.2) is 11.4 Å². The Bertz CT molecular complexity index is 730. The SMILES string of the molecule is CCOC(=O)/C(=N\N=C(/C(=O)OCC)c1ccccc1)c1ccccc1. The van der Waals surface area contributed by atoms with Gasteiger partial charge < -0.3 is 9.47 Å². The molecule has 6 nitrogen and oxygen atoms in total. The number of benzene rings is 2. The van der Waals surface area contributed by atoms with Gasteiger partial charge in [0.1, 0.15) is 0 Å². The Hall–Kier alpha value is -3.28. The molecule has 0 N–H and O–H groups in total. The third-order valence-corrected chi connectivity index (χ3v) is 3.28. The number of nitrogens with zero attached hydrogens (tertiary/aromatic N) is 2. The first-order valence-corrected chi connectivity index (χ1v) is 8.28. The van der Waals surface area contributed by atoms with Crippen molar-refractivity contribution >= 4 is 23.4 Å². The van der Waals surface area contributed by atoms with Gasteiger partial charge in [-0.25, -0.2) is 9.59 Å². The lowest BCUT2D eigenvalue weighted by Gasteiger charge is -2.06. The highest BCUT2D eigenvalue weighted by atomic mass is 16.5. The number of carbonyl (C=O) groups is 2. The second-order valence-corrected chi connectivity index (χ2v) is 5.07. The molecule has 2 rings (SSSR count). The molecule has 6 heteroatoms. The minimum absolute atomic E-state index is 0.0187. The van der Waals surface area contributed by atoms with Gasteiger partial charge in [-0.2, -0.15) is 0 Å². The summed E-state index contributed by atoms with van der Waals surface area (Å²) in [6.45, 7) is 3.82. The van der Waals surface area contributed by atoms with Crippen LogP contribution in [0.1, 0.15) is 25.0 Å². The molecule has 0 radical (unpaired) electrons. The van der Waals surface area contributed by atoms with Gasteiger partial charge in [0.05, 0.1) is 13.2 Å². The minimum atomic E-state index is -0.612. The van der Waals surface area contributed by atoms with Crippen molar-refractivity contribution in [2.75, 3.05) is 13.2 Å². The van der Waals surface area contributed by atoms with Gasteiger partial charge in [-0.3, -0.25) is 0 Å². The Labute approximate surface area is 152 Å². The average molecular weight is 352 g/mol. The highest BCUT2D eigenvalue weighted by Gasteiger charge is 2.18. The Morgan fingerprint density at radius 3 is 1.35 bits per heavy atom. The lowest BCUT2D eigenvalue weighted by atomic mass is 10.1. The van der Waals surface area contributed by atoms with Crippen LogP contribution in [0, 0.1) is 0 Å². The van der Waals surface area contributed by atoms with Crippen LogP contribution in [0.15, 0.2) is 70.9 Å². The van der Waals surface area contributed by atoms with Crippen molar-refractivity contribution in [2.24, 2.45) is 10.2 Å². The Kier molecular flexibility index (Phi) is 7.24. The highest BCUT2D eigenvalue weighted by molar-refractivity contribution is 6.45. The van der Waals surface area contributed by atoms with Crippen molar-refractivity contribution in [1.29, 1.82) is 0 Å². The molecule has 0 bridgehead atoms. The van der Waals surface area contributed by atoms with Crippen LogP contribution in [0.2, 0.25) is 0 Å². The molecular formula is C20H20N2O4. The van der Waals surface area contributed by atoms with Crippen molar-refractivity contribution in [3.63, 3.8) is 0 Å². The van der Waals surface area contributed by atoms with Crippen LogP contribution in [0.4, 0.5) is 0 Å². The summed E-state index contributed by atoms with van der Waals surface area (Å²) < 4.78 is 10.1. The minimum Gasteiger partial charge on any atom is -0.461 e. The zero-order chi connectivity index (χ0) is 18.8. The predicted octanol–water partition coefficient (Wildman–Crippen LogP) is 3.01. The maximum Gasteiger partial charge on any atom is 0.359 e. The molecule has 0 saturated carbocycles. The van der Waals surface area contributed by atoms with E-state index in [1.54, 1.807) is 62.4 Å². The van der Waals surface area contributed by atoms with E-state index in [0.29, 0.717) is 11.1 Å². The van der Waals surface area contributed by atoms with E-state index in [1.165, 1.54) is 0 Å². The van der Waals surface area contributed by atoms with E-state index in [0.717, 1.165) is 0 Å². The number of hydrogen-bond donors (Lipinski definition) is 0. The van der Waals surface area contributed by atoms with Gasteiger partial charge in [-0.15, -0.1) is 10.2 Å². The van der Waals surface area contributed by atoms with Crippen molar-refractivity contribution in [1.82, 2.24) is 0 Å². The van der Waals surface area contributed by atoms with Crippen LogP contribution in [0.25, 0.3) is 0 Å². The van der Waals surface area contributed by atoms with Gasteiger partial charge in [0.2, 0.25) is 0 Å². The number of ether oxygens (including phenoxy) is 2. The standard InChI is InChI=1S/C20H20N2O4/c1-3-25-19(23)17(15-11-7-5-8-12-15)21-22-18(20(24)26-4-2)16-13-9-6-10-14-16/h5-14H,3-4H2,1-2H3/b21-17-,22-18-. The monoisotopic (exact) mass is 352 g/mol. The zero-order valence-corrected chi connectivity index (χ0v) is 14.7. The van der Waals surface area contributed by atoms with Gasteiger partial charge in [-0.05, 0) is 13.8 Å². The lowest BCUT2D eigenvalue weighted by Crippen LogP contribution is -2.21. The van der Waals surface area contributed by atoms with E-state index >= 15 is 0 Å². The summed E-state index contributed by atoms with van der Waals surface area (Å²) in [7, 11) is 0. The fourth-order valence-corrected chi connectivity index (χ4v) is 2.12. The molecule has 0 amide bonds. The van der Waals surface area contributed by atoms with Crippen LogP contribution < -0.4 is 0 Å². The van der Waals surface area contributed by atoms with E-state index in [1.807, 2.05) is 12.1 Å². The summed E-state index contributed by atoms with van der Waals surface area (Å²) in [5.74, 6) is -1.22. The van der Waals surface area contributed by atoms with E-state index in [9.17, 15) is 9.59 Å². The molecule has 0 spiro atoms. The predicted molar refractivity (Wildman–Crippen MR) is 99.2 cm³/mol. The van der Waals surface area contributed by atoms with Gasteiger partial charge in [0.25, 0.3) is 0 Å². The molecule has 0 atom stereocenters. The molecule has 2 aromatic carbocycles. The summed E-state index contributed by atoms with van der Waals surface area (Å²) >= 11 is 0. The smallest absolute Gasteiger partial charge is 0.359 e.